The van der Waals surface area contributed by atoms with E-state index in [1.165, 1.54) is 24.3 Å². The molecular formula is C13H8ClFN2O4. The number of para-hydroxylation sites is 1. The maximum absolute atomic E-state index is 13.2. The Bertz CT molecular complexity index is 736. The van der Waals surface area contributed by atoms with Crippen LogP contribution < -0.4 is 5.32 Å². The first-order chi connectivity index (χ1) is 9.90. The third kappa shape index (κ3) is 3.09. The number of nitrogens with zero attached hydrogens (tertiary/aromatic N) is 1. The third-order valence-electron chi connectivity index (χ3n) is 2.62. The van der Waals surface area contributed by atoms with E-state index in [9.17, 15) is 19.3 Å². The van der Waals surface area contributed by atoms with E-state index >= 15 is 0 Å². The van der Waals surface area contributed by atoms with Crippen molar-refractivity contribution in [1.29, 1.82) is 0 Å². The van der Waals surface area contributed by atoms with E-state index in [1.807, 2.05) is 0 Å². The largest absolute Gasteiger partial charge is 0.505 e. The van der Waals surface area contributed by atoms with Gasteiger partial charge in [-0.3, -0.25) is 14.9 Å². The zero-order chi connectivity index (χ0) is 15.6. The molecule has 0 saturated heterocycles. The fourth-order valence-corrected chi connectivity index (χ4v) is 1.91. The Morgan fingerprint density at radius 1 is 1.33 bits per heavy atom. The van der Waals surface area contributed by atoms with Gasteiger partial charge in [0.25, 0.3) is 5.91 Å². The summed E-state index contributed by atoms with van der Waals surface area (Å²) in [5.41, 5.74) is -0.735. The summed E-state index contributed by atoms with van der Waals surface area (Å²) in [5.74, 6) is -2.30. The van der Waals surface area contributed by atoms with Crippen molar-refractivity contribution in [2.75, 3.05) is 5.32 Å². The second kappa shape index (κ2) is 5.76. The van der Waals surface area contributed by atoms with Crippen molar-refractivity contribution in [3.05, 3.63) is 62.9 Å². The zero-order valence-electron chi connectivity index (χ0n) is 10.3. The first kappa shape index (κ1) is 14.7. The molecule has 0 aliphatic heterocycles. The molecule has 0 unspecified atom stereocenters. The van der Waals surface area contributed by atoms with Gasteiger partial charge in [-0.25, -0.2) is 4.39 Å². The number of aromatic hydroxyl groups is 1. The minimum atomic E-state index is -0.923. The Labute approximate surface area is 122 Å². The number of phenols is 1. The number of amides is 1. The lowest BCUT2D eigenvalue weighted by molar-refractivity contribution is -0.385. The van der Waals surface area contributed by atoms with E-state index in [2.05, 4.69) is 5.32 Å². The molecule has 2 aromatic rings. The topological polar surface area (TPSA) is 92.5 Å². The lowest BCUT2D eigenvalue weighted by atomic mass is 10.1. The predicted octanol–water partition coefficient (Wildman–Crippen LogP) is 3.35. The number of benzene rings is 2. The Morgan fingerprint density at radius 2 is 2.05 bits per heavy atom. The van der Waals surface area contributed by atoms with Crippen LogP contribution in [0.15, 0.2) is 36.4 Å². The van der Waals surface area contributed by atoms with Gasteiger partial charge in [0, 0.05) is 11.8 Å². The highest BCUT2D eigenvalue weighted by Crippen LogP contribution is 2.29. The number of nitro benzene ring substituents is 1. The second-order valence-corrected chi connectivity index (χ2v) is 4.42. The second-order valence-electron chi connectivity index (χ2n) is 4.01. The summed E-state index contributed by atoms with van der Waals surface area (Å²) < 4.78 is 13.2. The van der Waals surface area contributed by atoms with Crippen LogP contribution in [0, 0.1) is 15.9 Å². The summed E-state index contributed by atoms with van der Waals surface area (Å²) in [4.78, 5) is 22.2. The van der Waals surface area contributed by atoms with Crippen LogP contribution in [-0.4, -0.2) is 15.9 Å². The van der Waals surface area contributed by atoms with Gasteiger partial charge in [-0.1, -0.05) is 17.7 Å². The Morgan fingerprint density at radius 3 is 2.67 bits per heavy atom. The minimum absolute atomic E-state index is 0.0459. The highest BCUT2D eigenvalue weighted by molar-refractivity contribution is 6.33. The number of anilines is 1. The smallest absolute Gasteiger partial charge is 0.300 e. The molecular weight excluding hydrogens is 303 g/mol. The van der Waals surface area contributed by atoms with E-state index in [0.717, 1.165) is 12.1 Å². The van der Waals surface area contributed by atoms with Crippen LogP contribution >= 0.6 is 11.6 Å². The van der Waals surface area contributed by atoms with Crippen molar-refractivity contribution in [3.8, 4) is 5.75 Å². The summed E-state index contributed by atoms with van der Waals surface area (Å²) >= 11 is 5.70. The minimum Gasteiger partial charge on any atom is -0.505 e. The molecule has 1 amide bonds. The first-order valence-corrected chi connectivity index (χ1v) is 6.00. The Balaban J connectivity index is 2.35. The molecule has 0 fully saturated rings. The van der Waals surface area contributed by atoms with Crippen molar-refractivity contribution in [2.24, 2.45) is 0 Å². The molecule has 2 N–H and O–H groups in total. The molecule has 6 nitrogen and oxygen atoms in total. The van der Waals surface area contributed by atoms with Crippen molar-refractivity contribution in [2.45, 2.75) is 0 Å². The molecule has 0 atom stereocenters. The number of carbonyl (C=O) groups is 1. The number of carbonyl (C=O) groups excluding carboxylic acids is 1. The maximum atomic E-state index is 13.2. The van der Waals surface area contributed by atoms with E-state index in [1.54, 1.807) is 0 Å². The maximum Gasteiger partial charge on any atom is 0.300 e. The van der Waals surface area contributed by atoms with Crippen LogP contribution in [0.25, 0.3) is 0 Å². The average Bonchev–Trinajstić information content (AvgIpc) is 2.42. The summed E-state index contributed by atoms with van der Waals surface area (Å²) in [5, 5.41) is 22.1. The van der Waals surface area contributed by atoms with Crippen LogP contribution in [0.2, 0.25) is 5.02 Å². The van der Waals surface area contributed by atoms with Crippen molar-refractivity contribution >= 4 is 28.9 Å². The van der Waals surface area contributed by atoms with Gasteiger partial charge in [-0.2, -0.15) is 0 Å². The van der Waals surface area contributed by atoms with Crippen LogP contribution in [-0.2, 0) is 0 Å². The molecule has 0 aliphatic carbocycles. The van der Waals surface area contributed by atoms with E-state index in [-0.39, 0.29) is 16.3 Å². The molecule has 0 aliphatic rings. The van der Waals surface area contributed by atoms with Crippen LogP contribution in [0.1, 0.15) is 10.4 Å². The number of halogens is 2. The third-order valence-corrected chi connectivity index (χ3v) is 2.92. The standard InChI is InChI=1S/C13H8ClFN2O4/c14-9-3-1-2-8(12(9)17(20)21)13(19)16-7-4-5-11(18)10(15)6-7/h1-6,18H,(H,16,19). The van der Waals surface area contributed by atoms with Crippen LogP contribution in [0.5, 0.6) is 5.75 Å². The average molecular weight is 311 g/mol. The fourth-order valence-electron chi connectivity index (χ4n) is 1.67. The van der Waals surface area contributed by atoms with Crippen LogP contribution in [0.3, 0.4) is 0 Å². The number of nitrogens with one attached hydrogen (secondary N) is 1. The predicted molar refractivity (Wildman–Crippen MR) is 74.1 cm³/mol. The summed E-state index contributed by atoms with van der Waals surface area (Å²) in [6, 6.07) is 7.11. The Hall–Kier alpha value is -2.67. The highest BCUT2D eigenvalue weighted by atomic mass is 35.5. The molecule has 2 aromatic carbocycles. The summed E-state index contributed by atoms with van der Waals surface area (Å²) in [6.07, 6.45) is 0. The van der Waals surface area contributed by atoms with Crippen molar-refractivity contribution in [3.63, 3.8) is 0 Å². The van der Waals surface area contributed by atoms with E-state index in [0.29, 0.717) is 0 Å². The molecule has 8 heteroatoms. The molecule has 0 radical (unpaired) electrons. The van der Waals surface area contributed by atoms with E-state index < -0.39 is 28.1 Å². The normalized spacial score (nSPS) is 10.2. The van der Waals surface area contributed by atoms with Gasteiger partial charge in [0.1, 0.15) is 10.6 Å². The number of nitro groups is 1. The number of phenolic OH excluding ortho intramolecular Hbond substituents is 1. The Kier molecular flexibility index (Phi) is 4.04. The summed E-state index contributed by atoms with van der Waals surface area (Å²) in [7, 11) is 0. The lowest BCUT2D eigenvalue weighted by Crippen LogP contribution is -2.14. The van der Waals surface area contributed by atoms with Gasteiger partial charge in [0.15, 0.2) is 11.6 Å². The fraction of sp³-hybridized carbons (Fsp3) is 0. The monoisotopic (exact) mass is 310 g/mol. The van der Waals surface area contributed by atoms with Gasteiger partial charge in [0.2, 0.25) is 0 Å². The molecule has 0 saturated carbocycles. The SMILES string of the molecule is O=C(Nc1ccc(O)c(F)c1)c1cccc(Cl)c1[N+](=O)[O-]. The van der Waals surface area contributed by atoms with Crippen LogP contribution in [0.4, 0.5) is 15.8 Å². The quantitative estimate of drug-likeness (QED) is 0.516. The van der Waals surface area contributed by atoms with Gasteiger partial charge in [-0.05, 0) is 24.3 Å². The molecule has 0 aromatic heterocycles. The first-order valence-electron chi connectivity index (χ1n) is 5.63. The molecule has 0 bridgehead atoms. The number of hydrogen-bond acceptors (Lipinski definition) is 4. The van der Waals surface area contributed by atoms with E-state index in [4.69, 9.17) is 16.7 Å². The van der Waals surface area contributed by atoms with Gasteiger partial charge >= 0.3 is 5.69 Å². The zero-order valence-corrected chi connectivity index (χ0v) is 11.1. The molecule has 0 spiro atoms. The van der Waals surface area contributed by atoms with Crippen molar-refractivity contribution in [1.82, 2.24) is 0 Å². The molecule has 108 valence electrons. The lowest BCUT2D eigenvalue weighted by Gasteiger charge is -2.07. The molecule has 21 heavy (non-hydrogen) atoms. The highest BCUT2D eigenvalue weighted by Gasteiger charge is 2.23. The molecule has 2 rings (SSSR count). The summed E-state index contributed by atoms with van der Waals surface area (Å²) in [6.45, 7) is 0. The van der Waals surface area contributed by atoms with Gasteiger partial charge in [-0.15, -0.1) is 0 Å². The van der Waals surface area contributed by atoms with Crippen molar-refractivity contribution < 1.29 is 19.2 Å². The number of hydrogen-bond donors (Lipinski definition) is 2. The molecule has 0 heterocycles. The van der Waals surface area contributed by atoms with Gasteiger partial charge < -0.3 is 10.4 Å². The van der Waals surface area contributed by atoms with Gasteiger partial charge in [0.05, 0.1) is 4.92 Å². The number of rotatable bonds is 3.